The van der Waals surface area contributed by atoms with Gasteiger partial charge in [-0.3, -0.25) is 9.59 Å². The lowest BCUT2D eigenvalue weighted by molar-refractivity contribution is -0.147. The van der Waals surface area contributed by atoms with E-state index in [9.17, 15) is 14.7 Å². The Balaban J connectivity index is 1.50. The lowest BCUT2D eigenvalue weighted by atomic mass is 9.79. The van der Waals surface area contributed by atoms with Gasteiger partial charge in [-0.2, -0.15) is 0 Å². The molecule has 2 saturated heterocycles. The summed E-state index contributed by atoms with van der Waals surface area (Å²) < 4.78 is 6.62. The van der Waals surface area contributed by atoms with E-state index in [0.717, 1.165) is 22.2 Å². The molecule has 0 saturated carbocycles. The van der Waals surface area contributed by atoms with Crippen molar-refractivity contribution in [1.29, 1.82) is 0 Å². The van der Waals surface area contributed by atoms with Crippen LogP contribution in [0, 0.1) is 11.8 Å². The number of ether oxygens (including phenoxy) is 1. The van der Waals surface area contributed by atoms with Crippen molar-refractivity contribution in [3.8, 4) is 11.3 Å². The summed E-state index contributed by atoms with van der Waals surface area (Å²) in [5, 5.41) is 14.5. The molecule has 2 aliphatic heterocycles. The summed E-state index contributed by atoms with van der Waals surface area (Å²) in [5.41, 5.74) is 1.72. The number of carbonyl (C=O) groups excluding carboxylic acids is 1. The van der Waals surface area contributed by atoms with Crippen molar-refractivity contribution in [3.05, 3.63) is 34.1 Å². The van der Waals surface area contributed by atoms with Crippen LogP contribution in [-0.2, 0) is 14.3 Å². The molecule has 0 unspecified atom stereocenters. The van der Waals surface area contributed by atoms with Gasteiger partial charge < -0.3 is 15.2 Å². The molecule has 1 aromatic carbocycles. The number of carboxylic acids is 1. The Morgan fingerprint density at radius 2 is 1.88 bits per heavy atom. The van der Waals surface area contributed by atoms with E-state index < -0.39 is 17.8 Å². The third kappa shape index (κ3) is 3.09. The first-order valence-corrected chi connectivity index (χ1v) is 9.61. The molecular weight excluding hydrogens is 408 g/mol. The number of aromatic nitrogens is 1. The minimum Gasteiger partial charge on any atom is -0.481 e. The minimum absolute atomic E-state index is 0.308. The molecule has 4 atom stereocenters. The molecule has 4 rings (SSSR count). The smallest absolute Gasteiger partial charge is 0.310 e. The number of anilines is 1. The van der Waals surface area contributed by atoms with Crippen molar-refractivity contribution in [2.45, 2.75) is 25.0 Å². The van der Waals surface area contributed by atoms with E-state index in [0.29, 0.717) is 11.6 Å². The predicted molar refractivity (Wildman–Crippen MR) is 96.4 cm³/mol. The number of nitrogens with one attached hydrogen (secondary N) is 1. The highest BCUT2D eigenvalue weighted by Crippen LogP contribution is 2.44. The Morgan fingerprint density at radius 1 is 1.20 bits per heavy atom. The maximum absolute atomic E-state index is 12.6. The average Bonchev–Trinajstić information content (AvgIpc) is 3.30. The molecule has 1 amide bonds. The van der Waals surface area contributed by atoms with Crippen molar-refractivity contribution in [2.24, 2.45) is 11.8 Å². The molecular formula is C17H15BrN2O4S. The standard InChI is InChI=1S/C17H15BrN2O4S/c18-9-3-1-8(2-4-9)10-7-25-17(19-10)20-15(21)13-11-5-6-12(24-11)14(13)16(22)23/h1-4,7,11-14H,5-6H2,(H,22,23)(H,19,20,21)/t11-,12-,13-,14-/m0/s1. The maximum atomic E-state index is 12.6. The summed E-state index contributed by atoms with van der Waals surface area (Å²) in [4.78, 5) is 28.6. The molecule has 130 valence electrons. The topological polar surface area (TPSA) is 88.5 Å². The number of benzene rings is 1. The summed E-state index contributed by atoms with van der Waals surface area (Å²) in [6.07, 6.45) is 0.773. The molecule has 3 heterocycles. The zero-order valence-electron chi connectivity index (χ0n) is 13.0. The quantitative estimate of drug-likeness (QED) is 0.787. The highest BCUT2D eigenvalue weighted by Gasteiger charge is 2.55. The minimum atomic E-state index is -0.970. The summed E-state index contributed by atoms with van der Waals surface area (Å²) >= 11 is 4.71. The Kier molecular flexibility index (Phi) is 4.35. The highest BCUT2D eigenvalue weighted by molar-refractivity contribution is 9.10. The number of rotatable bonds is 4. The monoisotopic (exact) mass is 422 g/mol. The maximum Gasteiger partial charge on any atom is 0.310 e. The molecule has 0 spiro atoms. The van der Waals surface area contributed by atoms with Gasteiger partial charge in [0.05, 0.1) is 29.7 Å². The Labute approximate surface area is 156 Å². The fourth-order valence-electron chi connectivity index (χ4n) is 3.60. The summed E-state index contributed by atoms with van der Waals surface area (Å²) in [7, 11) is 0. The van der Waals surface area contributed by atoms with E-state index in [4.69, 9.17) is 4.74 Å². The van der Waals surface area contributed by atoms with Crippen molar-refractivity contribution in [2.75, 3.05) is 5.32 Å². The fraction of sp³-hybridized carbons (Fsp3) is 0.353. The average molecular weight is 423 g/mol. The van der Waals surface area contributed by atoms with Crippen LogP contribution in [0.3, 0.4) is 0 Å². The van der Waals surface area contributed by atoms with E-state index >= 15 is 0 Å². The molecule has 0 aliphatic carbocycles. The third-order valence-corrected chi connectivity index (χ3v) is 6.02. The van der Waals surface area contributed by atoms with Crippen LogP contribution in [-0.4, -0.2) is 34.2 Å². The molecule has 25 heavy (non-hydrogen) atoms. The van der Waals surface area contributed by atoms with Gasteiger partial charge in [0.2, 0.25) is 5.91 Å². The third-order valence-electron chi connectivity index (χ3n) is 4.74. The number of hydrogen-bond donors (Lipinski definition) is 2. The number of carboxylic acid groups (broad SMARTS) is 1. The number of aliphatic carboxylic acids is 1. The van der Waals surface area contributed by atoms with Crippen LogP contribution in [0.2, 0.25) is 0 Å². The lowest BCUT2D eigenvalue weighted by Gasteiger charge is -2.23. The molecule has 1 aromatic heterocycles. The van der Waals surface area contributed by atoms with E-state index in [1.54, 1.807) is 0 Å². The van der Waals surface area contributed by atoms with Gasteiger partial charge in [-0.15, -0.1) is 11.3 Å². The van der Waals surface area contributed by atoms with Crippen molar-refractivity contribution >= 4 is 44.3 Å². The highest BCUT2D eigenvalue weighted by atomic mass is 79.9. The molecule has 6 nitrogen and oxygen atoms in total. The van der Waals surface area contributed by atoms with Crippen LogP contribution in [0.5, 0.6) is 0 Å². The van der Waals surface area contributed by atoms with Crippen LogP contribution in [0.4, 0.5) is 5.13 Å². The van der Waals surface area contributed by atoms with Crippen molar-refractivity contribution < 1.29 is 19.4 Å². The van der Waals surface area contributed by atoms with Gasteiger partial charge in [0.1, 0.15) is 0 Å². The molecule has 0 radical (unpaired) electrons. The second-order valence-corrected chi connectivity index (χ2v) is 7.99. The van der Waals surface area contributed by atoms with Crippen LogP contribution < -0.4 is 5.32 Å². The zero-order chi connectivity index (χ0) is 17.6. The van der Waals surface area contributed by atoms with Gasteiger partial charge in [0.15, 0.2) is 5.13 Å². The van der Waals surface area contributed by atoms with Crippen molar-refractivity contribution in [3.63, 3.8) is 0 Å². The number of carbonyl (C=O) groups is 2. The second-order valence-electron chi connectivity index (χ2n) is 6.21. The first-order valence-electron chi connectivity index (χ1n) is 7.93. The summed E-state index contributed by atoms with van der Waals surface area (Å²) in [5.74, 6) is -2.72. The van der Waals surface area contributed by atoms with Gasteiger partial charge in [-0.25, -0.2) is 4.98 Å². The lowest BCUT2D eigenvalue weighted by Crippen LogP contribution is -2.40. The molecule has 8 heteroatoms. The van der Waals surface area contributed by atoms with Crippen LogP contribution in [0.15, 0.2) is 34.1 Å². The normalized spacial score (nSPS) is 27.4. The predicted octanol–water partition coefficient (Wildman–Crippen LogP) is 3.39. The van der Waals surface area contributed by atoms with Gasteiger partial charge in [-0.1, -0.05) is 28.1 Å². The molecule has 2 aromatic rings. The van der Waals surface area contributed by atoms with E-state index in [1.807, 2.05) is 29.6 Å². The van der Waals surface area contributed by atoms with Gasteiger partial charge in [0.25, 0.3) is 0 Å². The number of halogens is 1. The Morgan fingerprint density at radius 3 is 2.56 bits per heavy atom. The Bertz CT molecular complexity index is 822. The molecule has 2 bridgehead atoms. The number of fused-ring (bicyclic) bond motifs is 2. The van der Waals surface area contributed by atoms with E-state index in [2.05, 4.69) is 26.2 Å². The molecule has 2 fully saturated rings. The number of amides is 1. The molecule has 2 N–H and O–H groups in total. The fourth-order valence-corrected chi connectivity index (χ4v) is 4.58. The zero-order valence-corrected chi connectivity index (χ0v) is 15.4. The molecule has 2 aliphatic rings. The first kappa shape index (κ1) is 16.7. The summed E-state index contributed by atoms with van der Waals surface area (Å²) in [6.45, 7) is 0. The number of hydrogen-bond acceptors (Lipinski definition) is 5. The van der Waals surface area contributed by atoms with Crippen LogP contribution >= 0.6 is 27.3 Å². The second kappa shape index (κ2) is 6.51. The largest absolute Gasteiger partial charge is 0.481 e. The van der Waals surface area contributed by atoms with Crippen LogP contribution in [0.1, 0.15) is 12.8 Å². The number of thiazole rings is 1. The van der Waals surface area contributed by atoms with Gasteiger partial charge in [-0.05, 0) is 25.0 Å². The SMILES string of the molecule is O=C(O)[C@@H]1[C@@H](C(=O)Nc2nc(-c3ccc(Br)cc3)cs2)[C@@H]2CC[C@@H]1O2. The number of nitrogens with zero attached hydrogens (tertiary/aromatic N) is 1. The van der Waals surface area contributed by atoms with Crippen molar-refractivity contribution in [1.82, 2.24) is 4.98 Å². The first-order chi connectivity index (χ1) is 12.0. The van der Waals surface area contributed by atoms with Gasteiger partial charge >= 0.3 is 5.97 Å². The van der Waals surface area contributed by atoms with E-state index in [-0.39, 0.29) is 18.1 Å². The summed E-state index contributed by atoms with van der Waals surface area (Å²) in [6, 6.07) is 7.73. The van der Waals surface area contributed by atoms with E-state index in [1.165, 1.54) is 11.3 Å². The Hall–Kier alpha value is -1.77. The van der Waals surface area contributed by atoms with Crippen LogP contribution in [0.25, 0.3) is 11.3 Å². The van der Waals surface area contributed by atoms with Gasteiger partial charge in [0, 0.05) is 15.4 Å².